The number of nitrogens with zero attached hydrogens (tertiary/aromatic N) is 3. The summed E-state index contributed by atoms with van der Waals surface area (Å²) in [6.45, 7) is 9.61. The average molecular weight is 311 g/mol. The van der Waals surface area contributed by atoms with Gasteiger partial charge in [0.2, 0.25) is 5.91 Å². The van der Waals surface area contributed by atoms with E-state index in [1.165, 1.54) is 10.9 Å². The molecule has 23 heavy (non-hydrogen) atoms. The second-order valence-electron chi connectivity index (χ2n) is 6.78. The number of para-hydroxylation sites is 1. The van der Waals surface area contributed by atoms with Crippen molar-refractivity contribution in [2.45, 2.75) is 27.2 Å². The predicted molar refractivity (Wildman–Crippen MR) is 94.7 cm³/mol. The second-order valence-corrected chi connectivity index (χ2v) is 6.78. The molecule has 0 bridgehead atoms. The van der Waals surface area contributed by atoms with E-state index >= 15 is 0 Å². The van der Waals surface area contributed by atoms with Crippen LogP contribution in [-0.2, 0) is 4.79 Å². The van der Waals surface area contributed by atoms with E-state index in [1.807, 2.05) is 11.0 Å². The van der Waals surface area contributed by atoms with Crippen LogP contribution in [0.2, 0.25) is 0 Å². The minimum atomic E-state index is 0.280. The van der Waals surface area contributed by atoms with E-state index in [0.717, 1.165) is 37.5 Å². The summed E-state index contributed by atoms with van der Waals surface area (Å²) in [5.74, 6) is 1.73. The maximum absolute atomic E-state index is 12.2. The first kappa shape index (κ1) is 15.8. The number of piperazine rings is 1. The highest BCUT2D eigenvalue weighted by atomic mass is 16.2. The number of anilines is 1. The molecule has 1 aromatic heterocycles. The van der Waals surface area contributed by atoms with Gasteiger partial charge >= 0.3 is 0 Å². The van der Waals surface area contributed by atoms with Gasteiger partial charge in [-0.25, -0.2) is 4.98 Å². The Morgan fingerprint density at radius 1 is 1.17 bits per heavy atom. The quantitative estimate of drug-likeness (QED) is 0.873. The Hall–Kier alpha value is -2.10. The summed E-state index contributed by atoms with van der Waals surface area (Å²) in [7, 11) is 0. The van der Waals surface area contributed by atoms with Crippen molar-refractivity contribution < 1.29 is 4.79 Å². The summed E-state index contributed by atoms with van der Waals surface area (Å²) in [6.07, 6.45) is 0.646. The first-order valence-electron chi connectivity index (χ1n) is 8.43. The molecule has 0 N–H and O–H groups in total. The molecule has 1 fully saturated rings. The normalized spacial score (nSPS) is 15.5. The Morgan fingerprint density at radius 2 is 1.87 bits per heavy atom. The van der Waals surface area contributed by atoms with Crippen LogP contribution < -0.4 is 4.90 Å². The van der Waals surface area contributed by atoms with Gasteiger partial charge in [-0.2, -0.15) is 0 Å². The van der Waals surface area contributed by atoms with Gasteiger partial charge < -0.3 is 9.80 Å². The molecule has 1 aromatic carbocycles. The first-order chi connectivity index (χ1) is 11.0. The van der Waals surface area contributed by atoms with Crippen LogP contribution in [-0.4, -0.2) is 42.0 Å². The molecule has 1 aliphatic heterocycles. The van der Waals surface area contributed by atoms with E-state index in [9.17, 15) is 4.79 Å². The van der Waals surface area contributed by atoms with Crippen LogP contribution in [0.1, 0.15) is 25.8 Å². The fourth-order valence-electron chi connectivity index (χ4n) is 3.16. The monoisotopic (exact) mass is 311 g/mol. The van der Waals surface area contributed by atoms with Crippen molar-refractivity contribution in [1.29, 1.82) is 0 Å². The number of fused-ring (bicyclic) bond motifs is 1. The lowest BCUT2D eigenvalue weighted by Gasteiger charge is -2.36. The lowest BCUT2D eigenvalue weighted by molar-refractivity contribution is -0.132. The van der Waals surface area contributed by atoms with E-state index < -0.39 is 0 Å². The largest absolute Gasteiger partial charge is 0.353 e. The molecule has 0 radical (unpaired) electrons. The smallest absolute Gasteiger partial charge is 0.222 e. The summed E-state index contributed by atoms with van der Waals surface area (Å²) in [5, 5.41) is 1.21. The van der Waals surface area contributed by atoms with Crippen molar-refractivity contribution in [3.05, 3.63) is 35.9 Å². The Morgan fingerprint density at radius 3 is 2.57 bits per heavy atom. The lowest BCUT2D eigenvalue weighted by atomic mass is 10.1. The van der Waals surface area contributed by atoms with Gasteiger partial charge in [0.15, 0.2) is 0 Å². The molecular formula is C19H25N3O. The van der Waals surface area contributed by atoms with Crippen molar-refractivity contribution in [3.63, 3.8) is 0 Å². The third kappa shape index (κ3) is 3.46. The van der Waals surface area contributed by atoms with Gasteiger partial charge in [-0.1, -0.05) is 32.0 Å². The number of carbonyl (C=O) groups excluding carboxylic acids is 1. The topological polar surface area (TPSA) is 36.4 Å². The molecule has 0 spiro atoms. The highest BCUT2D eigenvalue weighted by molar-refractivity contribution is 5.84. The highest BCUT2D eigenvalue weighted by Crippen LogP contribution is 2.23. The summed E-state index contributed by atoms with van der Waals surface area (Å²) >= 11 is 0. The molecule has 1 saturated heterocycles. The number of aromatic nitrogens is 1. The third-order valence-corrected chi connectivity index (χ3v) is 4.45. The van der Waals surface area contributed by atoms with Crippen molar-refractivity contribution in [3.8, 4) is 0 Å². The fourth-order valence-corrected chi connectivity index (χ4v) is 3.16. The Kier molecular flexibility index (Phi) is 4.51. The number of amides is 1. The van der Waals surface area contributed by atoms with Crippen molar-refractivity contribution in [2.24, 2.45) is 5.92 Å². The van der Waals surface area contributed by atoms with Crippen molar-refractivity contribution >= 4 is 22.6 Å². The maximum atomic E-state index is 12.2. The van der Waals surface area contributed by atoms with Gasteiger partial charge in [-0.3, -0.25) is 4.79 Å². The highest BCUT2D eigenvalue weighted by Gasteiger charge is 2.22. The Labute approximate surface area is 138 Å². The predicted octanol–water partition coefficient (Wildman–Crippen LogP) is 3.24. The third-order valence-electron chi connectivity index (χ3n) is 4.45. The second kappa shape index (κ2) is 6.57. The molecule has 3 rings (SSSR count). The average Bonchev–Trinajstić information content (AvgIpc) is 2.54. The van der Waals surface area contributed by atoms with Crippen LogP contribution >= 0.6 is 0 Å². The number of carbonyl (C=O) groups is 1. The van der Waals surface area contributed by atoms with E-state index in [1.54, 1.807) is 0 Å². The van der Waals surface area contributed by atoms with Crippen LogP contribution in [0.5, 0.6) is 0 Å². The summed E-state index contributed by atoms with van der Waals surface area (Å²) in [6, 6.07) is 10.4. The maximum Gasteiger partial charge on any atom is 0.222 e. The number of benzene rings is 1. The molecule has 1 amide bonds. The minimum Gasteiger partial charge on any atom is -0.353 e. The van der Waals surface area contributed by atoms with E-state index in [0.29, 0.717) is 12.3 Å². The number of rotatable bonds is 3. The van der Waals surface area contributed by atoms with Crippen molar-refractivity contribution in [1.82, 2.24) is 9.88 Å². The van der Waals surface area contributed by atoms with Crippen LogP contribution in [0.25, 0.3) is 10.9 Å². The lowest BCUT2D eigenvalue weighted by Crippen LogP contribution is -2.49. The molecule has 4 heteroatoms. The van der Waals surface area contributed by atoms with E-state index in [4.69, 9.17) is 4.98 Å². The summed E-state index contributed by atoms with van der Waals surface area (Å²) in [4.78, 5) is 21.3. The molecule has 0 atom stereocenters. The van der Waals surface area contributed by atoms with Gasteiger partial charge in [0.25, 0.3) is 0 Å². The Balaban J connectivity index is 1.71. The van der Waals surface area contributed by atoms with Gasteiger partial charge in [-0.05, 0) is 30.5 Å². The molecular weight excluding hydrogens is 286 g/mol. The summed E-state index contributed by atoms with van der Waals surface area (Å²) < 4.78 is 0. The van der Waals surface area contributed by atoms with Crippen LogP contribution in [0.15, 0.2) is 30.3 Å². The van der Waals surface area contributed by atoms with Gasteiger partial charge in [-0.15, -0.1) is 0 Å². The number of hydrogen-bond donors (Lipinski definition) is 0. The molecule has 2 heterocycles. The zero-order chi connectivity index (χ0) is 16.4. The molecule has 0 unspecified atom stereocenters. The van der Waals surface area contributed by atoms with Crippen LogP contribution in [0.4, 0.5) is 5.82 Å². The first-order valence-corrected chi connectivity index (χ1v) is 8.43. The summed E-state index contributed by atoms with van der Waals surface area (Å²) in [5.41, 5.74) is 2.30. The zero-order valence-electron chi connectivity index (χ0n) is 14.2. The zero-order valence-corrected chi connectivity index (χ0v) is 14.2. The molecule has 0 aliphatic carbocycles. The molecule has 122 valence electrons. The van der Waals surface area contributed by atoms with Crippen molar-refractivity contribution in [2.75, 3.05) is 31.1 Å². The number of aryl methyl sites for hydroxylation is 1. The van der Waals surface area contributed by atoms with Gasteiger partial charge in [0, 0.05) is 38.0 Å². The Bertz CT molecular complexity index is 703. The minimum absolute atomic E-state index is 0.280. The molecule has 0 saturated carbocycles. The fraction of sp³-hybridized carbons (Fsp3) is 0.474. The molecule has 2 aromatic rings. The van der Waals surface area contributed by atoms with Gasteiger partial charge in [0.1, 0.15) is 5.82 Å². The number of pyridine rings is 1. The standard InChI is InChI=1S/C19H25N3O/c1-14(2)12-19(23)22-10-8-21(9-11-22)18-13-15(3)16-6-4-5-7-17(16)20-18/h4-7,13-14H,8-12H2,1-3H3. The van der Waals surface area contributed by atoms with Crippen LogP contribution in [0, 0.1) is 12.8 Å². The SMILES string of the molecule is Cc1cc(N2CCN(C(=O)CC(C)C)CC2)nc2ccccc12. The molecule has 1 aliphatic rings. The van der Waals surface area contributed by atoms with E-state index in [2.05, 4.69) is 49.9 Å². The van der Waals surface area contributed by atoms with Crippen LogP contribution in [0.3, 0.4) is 0 Å². The van der Waals surface area contributed by atoms with Gasteiger partial charge in [0.05, 0.1) is 5.52 Å². The molecule has 4 nitrogen and oxygen atoms in total. The van der Waals surface area contributed by atoms with E-state index in [-0.39, 0.29) is 5.91 Å². The number of hydrogen-bond acceptors (Lipinski definition) is 3.